The van der Waals surface area contributed by atoms with Crippen molar-refractivity contribution in [3.63, 3.8) is 0 Å². The second-order valence-electron chi connectivity index (χ2n) is 7.65. The number of benzene rings is 3. The van der Waals surface area contributed by atoms with Crippen LogP contribution in [0.1, 0.15) is 27.5 Å². The van der Waals surface area contributed by atoms with E-state index in [0.717, 1.165) is 10.5 Å². The summed E-state index contributed by atoms with van der Waals surface area (Å²) < 4.78 is 0. The highest BCUT2D eigenvalue weighted by atomic mass is 16.6. The van der Waals surface area contributed by atoms with E-state index in [1.807, 2.05) is 6.07 Å². The maximum absolute atomic E-state index is 13.2. The molecule has 9 nitrogen and oxygen atoms in total. The number of carboxylic acid groups (broad SMARTS) is 1. The van der Waals surface area contributed by atoms with Crippen molar-refractivity contribution >= 4 is 35.1 Å². The summed E-state index contributed by atoms with van der Waals surface area (Å²) >= 11 is 0. The van der Waals surface area contributed by atoms with Crippen LogP contribution in [0.25, 0.3) is 6.08 Å². The topological polar surface area (TPSA) is 138 Å². The van der Waals surface area contributed by atoms with Crippen LogP contribution in [0.3, 0.4) is 0 Å². The fourth-order valence-corrected chi connectivity index (χ4v) is 3.83. The molecule has 1 atom stereocenters. The van der Waals surface area contributed by atoms with E-state index in [2.05, 4.69) is 0 Å². The second kappa shape index (κ2) is 9.44. The molecule has 1 amide bonds. The van der Waals surface area contributed by atoms with E-state index >= 15 is 0 Å². The Hall–Kier alpha value is -5.05. The van der Waals surface area contributed by atoms with Crippen LogP contribution in [0.4, 0.5) is 11.4 Å². The van der Waals surface area contributed by atoms with Crippen LogP contribution >= 0.6 is 0 Å². The number of nitro groups is 1. The van der Waals surface area contributed by atoms with Gasteiger partial charge in [0.15, 0.2) is 11.5 Å². The van der Waals surface area contributed by atoms with Gasteiger partial charge >= 0.3 is 5.97 Å². The lowest BCUT2D eigenvalue weighted by atomic mass is 9.95. The third-order valence-corrected chi connectivity index (χ3v) is 5.49. The molecule has 0 saturated carbocycles. The molecule has 0 bridgehead atoms. The fraction of sp³-hybridized carbons (Fsp3) is 0.0385. The molecule has 0 spiro atoms. The Balaban J connectivity index is 1.82. The van der Waals surface area contributed by atoms with Gasteiger partial charge in [0, 0.05) is 17.8 Å². The zero-order valence-electron chi connectivity index (χ0n) is 18.1. The summed E-state index contributed by atoms with van der Waals surface area (Å²) in [7, 11) is 0. The maximum atomic E-state index is 13.2. The average molecular weight is 470 g/mol. The molecular weight excluding hydrogens is 452 g/mol. The van der Waals surface area contributed by atoms with Crippen LogP contribution in [0.5, 0.6) is 0 Å². The Kier molecular flexibility index (Phi) is 6.23. The number of aliphatic hydroxyl groups is 1. The van der Waals surface area contributed by atoms with Gasteiger partial charge in [-0.15, -0.1) is 0 Å². The minimum absolute atomic E-state index is 0.0963. The number of carbonyl (C=O) groups is 3. The number of nitro benzene ring substituents is 1. The van der Waals surface area contributed by atoms with E-state index in [1.54, 1.807) is 24.3 Å². The first-order valence-electron chi connectivity index (χ1n) is 10.4. The number of amides is 1. The summed E-state index contributed by atoms with van der Waals surface area (Å²) in [6, 6.07) is 18.5. The van der Waals surface area contributed by atoms with Crippen molar-refractivity contribution in [3.8, 4) is 0 Å². The van der Waals surface area contributed by atoms with E-state index in [1.165, 1.54) is 60.7 Å². The third kappa shape index (κ3) is 4.55. The smallest absolute Gasteiger partial charge is 0.335 e. The first kappa shape index (κ1) is 23.1. The molecule has 1 heterocycles. The first-order chi connectivity index (χ1) is 16.8. The lowest BCUT2D eigenvalue weighted by Gasteiger charge is -2.27. The molecule has 0 aliphatic carbocycles. The Bertz CT molecular complexity index is 1390. The van der Waals surface area contributed by atoms with Gasteiger partial charge in [-0.25, -0.2) is 4.79 Å². The predicted molar refractivity (Wildman–Crippen MR) is 127 cm³/mol. The Labute approximate surface area is 199 Å². The molecule has 174 valence electrons. The summed E-state index contributed by atoms with van der Waals surface area (Å²) in [5.41, 5.74) is 0.674. The van der Waals surface area contributed by atoms with Crippen LogP contribution < -0.4 is 4.90 Å². The molecule has 1 aliphatic rings. The molecule has 0 fully saturated rings. The van der Waals surface area contributed by atoms with Crippen molar-refractivity contribution in [2.75, 3.05) is 4.90 Å². The SMILES string of the molecule is O=C(/C=C\c1ccccc1)C1=C(O)C(=O)N(c2cccc(C(=O)O)c2)C1c1ccc([N+](=O)[O-])cc1. The number of hydrogen-bond acceptors (Lipinski definition) is 6. The van der Waals surface area contributed by atoms with E-state index in [4.69, 9.17) is 0 Å². The summed E-state index contributed by atoms with van der Waals surface area (Å²) in [5.74, 6) is -3.53. The van der Waals surface area contributed by atoms with Gasteiger partial charge in [0.05, 0.1) is 22.1 Å². The van der Waals surface area contributed by atoms with Crippen molar-refractivity contribution in [2.24, 2.45) is 0 Å². The molecule has 4 rings (SSSR count). The van der Waals surface area contributed by atoms with Gasteiger partial charge in [-0.2, -0.15) is 0 Å². The van der Waals surface area contributed by atoms with E-state index in [9.17, 15) is 34.7 Å². The first-order valence-corrected chi connectivity index (χ1v) is 10.4. The number of carboxylic acids is 1. The number of anilines is 1. The van der Waals surface area contributed by atoms with Crippen LogP contribution in [-0.4, -0.2) is 32.8 Å². The zero-order chi connectivity index (χ0) is 25.1. The van der Waals surface area contributed by atoms with Gasteiger partial charge in [0.1, 0.15) is 0 Å². The number of ketones is 1. The molecular formula is C26H18N2O7. The van der Waals surface area contributed by atoms with E-state index in [-0.39, 0.29) is 22.5 Å². The number of allylic oxidation sites excluding steroid dienone is 1. The number of rotatable bonds is 7. The largest absolute Gasteiger partial charge is 0.503 e. The summed E-state index contributed by atoms with van der Waals surface area (Å²) in [4.78, 5) is 49.4. The number of hydrogen-bond donors (Lipinski definition) is 2. The number of aliphatic hydroxyl groups excluding tert-OH is 1. The molecule has 0 aromatic heterocycles. The Morgan fingerprint density at radius 1 is 0.971 bits per heavy atom. The van der Waals surface area contributed by atoms with Crippen molar-refractivity contribution in [1.29, 1.82) is 0 Å². The number of carbonyl (C=O) groups excluding carboxylic acids is 2. The van der Waals surface area contributed by atoms with Crippen LogP contribution in [-0.2, 0) is 9.59 Å². The van der Waals surface area contributed by atoms with Crippen LogP contribution in [0, 0.1) is 10.1 Å². The standard InChI is InChI=1S/C26H18N2O7/c29-21(14-9-16-5-2-1-3-6-16)22-23(17-10-12-19(13-11-17)28(34)35)27(25(31)24(22)30)20-8-4-7-18(15-20)26(32)33/h1-15,23,30H,(H,32,33)/b14-9-. The minimum Gasteiger partial charge on any atom is -0.503 e. The second-order valence-corrected chi connectivity index (χ2v) is 7.65. The van der Waals surface area contributed by atoms with Crippen LogP contribution in [0.2, 0.25) is 0 Å². The average Bonchev–Trinajstić information content (AvgIpc) is 3.13. The molecule has 9 heteroatoms. The van der Waals surface area contributed by atoms with Crippen molar-refractivity contribution in [3.05, 3.63) is 123 Å². The van der Waals surface area contributed by atoms with E-state index in [0.29, 0.717) is 5.56 Å². The van der Waals surface area contributed by atoms with Crippen molar-refractivity contribution in [1.82, 2.24) is 0 Å². The number of non-ortho nitro benzene ring substituents is 1. The van der Waals surface area contributed by atoms with Gasteiger partial charge in [-0.05, 0) is 47.5 Å². The molecule has 1 unspecified atom stereocenters. The summed E-state index contributed by atoms with van der Waals surface area (Å²) in [6.45, 7) is 0. The molecule has 1 aliphatic heterocycles. The van der Waals surface area contributed by atoms with Gasteiger partial charge in [-0.1, -0.05) is 42.5 Å². The van der Waals surface area contributed by atoms with Gasteiger partial charge in [0.2, 0.25) is 0 Å². The normalized spacial score (nSPS) is 15.6. The highest BCUT2D eigenvalue weighted by Crippen LogP contribution is 2.41. The van der Waals surface area contributed by atoms with Crippen molar-refractivity contribution < 1.29 is 29.5 Å². The van der Waals surface area contributed by atoms with E-state index < -0.39 is 34.4 Å². The monoisotopic (exact) mass is 470 g/mol. The fourth-order valence-electron chi connectivity index (χ4n) is 3.83. The highest BCUT2D eigenvalue weighted by molar-refractivity contribution is 6.20. The molecule has 2 N–H and O–H groups in total. The van der Waals surface area contributed by atoms with Gasteiger partial charge < -0.3 is 10.2 Å². The summed E-state index contributed by atoms with van der Waals surface area (Å²) in [6.07, 6.45) is 2.76. The maximum Gasteiger partial charge on any atom is 0.335 e. The summed E-state index contributed by atoms with van der Waals surface area (Å²) in [5, 5.41) is 31.2. The minimum atomic E-state index is -1.22. The highest BCUT2D eigenvalue weighted by Gasteiger charge is 2.44. The molecule has 0 radical (unpaired) electrons. The number of nitrogens with zero attached hydrogens (tertiary/aromatic N) is 2. The van der Waals surface area contributed by atoms with Gasteiger partial charge in [0.25, 0.3) is 11.6 Å². The Morgan fingerprint density at radius 3 is 2.29 bits per heavy atom. The molecule has 3 aromatic carbocycles. The molecule has 3 aromatic rings. The quantitative estimate of drug-likeness (QED) is 0.295. The lowest BCUT2D eigenvalue weighted by molar-refractivity contribution is -0.384. The Morgan fingerprint density at radius 2 is 1.66 bits per heavy atom. The van der Waals surface area contributed by atoms with Crippen molar-refractivity contribution in [2.45, 2.75) is 6.04 Å². The molecule has 35 heavy (non-hydrogen) atoms. The predicted octanol–water partition coefficient (Wildman–Crippen LogP) is 4.48. The van der Waals surface area contributed by atoms with Gasteiger partial charge in [-0.3, -0.25) is 24.6 Å². The van der Waals surface area contributed by atoms with Crippen LogP contribution in [0.15, 0.2) is 96.3 Å². The lowest BCUT2D eigenvalue weighted by Crippen LogP contribution is -2.31. The number of aromatic carboxylic acids is 1. The third-order valence-electron chi connectivity index (χ3n) is 5.49. The molecule has 0 saturated heterocycles. The zero-order valence-corrected chi connectivity index (χ0v) is 18.1.